The van der Waals surface area contributed by atoms with E-state index in [0.29, 0.717) is 6.67 Å². The van der Waals surface area contributed by atoms with Crippen LogP contribution in [0.4, 0.5) is 22.7 Å². The number of rotatable bonds is 10. The van der Waals surface area contributed by atoms with E-state index in [9.17, 15) is 0 Å². The molecule has 0 bridgehead atoms. The van der Waals surface area contributed by atoms with Crippen LogP contribution in [-0.2, 0) is 21.7 Å². The topological polar surface area (TPSA) is 33.5 Å². The molecule has 0 amide bonds. The molecule has 73 heavy (non-hydrogen) atoms. The lowest BCUT2D eigenvalue weighted by atomic mass is 9.77. The summed E-state index contributed by atoms with van der Waals surface area (Å²) in [6.45, 7) is 23.6. The summed E-state index contributed by atoms with van der Waals surface area (Å²) in [6.07, 6.45) is 1.94. The predicted octanol–water partition coefficient (Wildman–Crippen LogP) is 18.1. The van der Waals surface area contributed by atoms with Gasteiger partial charge in [-0.2, -0.15) is 0 Å². The fourth-order valence-corrected chi connectivity index (χ4v) is 10.7. The minimum atomic E-state index is -0.242. The Morgan fingerprint density at radius 3 is 1.68 bits per heavy atom. The van der Waals surface area contributed by atoms with E-state index in [0.717, 1.165) is 50.8 Å². The van der Waals surface area contributed by atoms with Gasteiger partial charge in [0.05, 0.1) is 22.4 Å². The van der Waals surface area contributed by atoms with Crippen LogP contribution in [-0.4, -0.2) is 16.2 Å². The lowest BCUT2D eigenvalue weighted by molar-refractivity contribution is 0.483. The number of hydrogen-bond donors (Lipinski definition) is 0. The molecule has 0 fully saturated rings. The van der Waals surface area contributed by atoms with Gasteiger partial charge in [0.25, 0.3) is 0 Å². The van der Waals surface area contributed by atoms with Gasteiger partial charge in [-0.1, -0.05) is 184 Å². The van der Waals surface area contributed by atoms with Gasteiger partial charge in [0, 0.05) is 51.3 Å². The molecule has 3 heterocycles. The summed E-state index contributed by atoms with van der Waals surface area (Å²) in [6, 6.07) is 73.0. The maximum atomic E-state index is 6.94. The van der Waals surface area contributed by atoms with Crippen LogP contribution in [0.5, 0.6) is 11.5 Å². The Kier molecular flexibility index (Phi) is 11.7. The molecule has 0 N–H and O–H groups in total. The summed E-state index contributed by atoms with van der Waals surface area (Å²) >= 11 is 0. The monoisotopic (exact) mass is 955 g/mol. The lowest BCUT2D eigenvalue weighted by Crippen LogP contribution is -2.25. The third-order valence-corrected chi connectivity index (χ3v) is 15.4. The second-order valence-corrected chi connectivity index (χ2v) is 23.1. The number of anilines is 4. The van der Waals surface area contributed by atoms with Crippen molar-refractivity contribution in [3.8, 4) is 28.4 Å². The van der Waals surface area contributed by atoms with Crippen LogP contribution >= 0.6 is 0 Å². The van der Waals surface area contributed by atoms with Crippen LogP contribution in [0.3, 0.4) is 0 Å². The van der Waals surface area contributed by atoms with Crippen molar-refractivity contribution in [1.29, 1.82) is 0 Å². The van der Waals surface area contributed by atoms with Crippen LogP contribution in [0.25, 0.3) is 38.8 Å². The summed E-state index contributed by atoms with van der Waals surface area (Å²) < 4.78 is 9.25. The summed E-state index contributed by atoms with van der Waals surface area (Å²) in [4.78, 5) is 9.93. The molecule has 0 saturated heterocycles. The molecule has 0 spiro atoms. The first kappa shape index (κ1) is 47.4. The van der Waals surface area contributed by atoms with Crippen LogP contribution in [0.1, 0.15) is 103 Å². The molecule has 10 aromatic rings. The van der Waals surface area contributed by atoms with Gasteiger partial charge in [-0.25, -0.2) is 4.98 Å². The molecule has 364 valence electrons. The maximum absolute atomic E-state index is 6.94. The minimum absolute atomic E-state index is 0.0342. The third-order valence-electron chi connectivity index (χ3n) is 15.4. The molecule has 5 heteroatoms. The van der Waals surface area contributed by atoms with Gasteiger partial charge in [-0.15, -0.1) is 0 Å². The summed E-state index contributed by atoms with van der Waals surface area (Å²) in [7, 11) is 0. The molecule has 0 radical (unpaired) electrons. The Labute approximate surface area is 432 Å². The highest BCUT2D eigenvalue weighted by atomic mass is 16.5. The molecule has 0 atom stereocenters. The quantitative estimate of drug-likeness (QED) is 0.137. The zero-order valence-electron chi connectivity index (χ0n) is 44.0. The van der Waals surface area contributed by atoms with Crippen LogP contribution in [0, 0.1) is 0 Å². The predicted molar refractivity (Wildman–Crippen MR) is 307 cm³/mol. The standard InChI is InChI=1S/C68H66N4O/c1-65(2,3)50-29-34-61-63(41-50)71(55-38-47(46-21-14-11-15-22-46)37-53(39-55)68(9,10)49-25-18-13-19-26-49)45-70(61)54-27-20-28-56(43-54)73-57-31-32-58-59-40-52(67(7,8)48-23-16-12-17-24-48)30-33-60(59)72(62(58)44-57)64-42-51(35-36-69-64)66(4,5)6/h11-44H,45H2,1-10H3. The Morgan fingerprint density at radius 1 is 0.384 bits per heavy atom. The van der Waals surface area contributed by atoms with Crippen molar-refractivity contribution in [2.75, 3.05) is 16.5 Å². The van der Waals surface area contributed by atoms with Crippen molar-refractivity contribution >= 4 is 44.6 Å². The molecule has 8 aromatic carbocycles. The smallest absolute Gasteiger partial charge is 0.137 e. The number of hydrogen-bond acceptors (Lipinski definition) is 4. The van der Waals surface area contributed by atoms with Crippen LogP contribution < -0.4 is 14.5 Å². The highest BCUT2D eigenvalue weighted by Crippen LogP contribution is 2.49. The number of fused-ring (bicyclic) bond motifs is 4. The number of nitrogens with zero attached hydrogens (tertiary/aromatic N) is 4. The number of aromatic nitrogens is 2. The Bertz CT molecular complexity index is 3650. The van der Waals surface area contributed by atoms with E-state index in [-0.39, 0.29) is 21.7 Å². The number of benzene rings is 8. The zero-order valence-corrected chi connectivity index (χ0v) is 44.0. The van der Waals surface area contributed by atoms with Crippen molar-refractivity contribution in [3.63, 3.8) is 0 Å². The molecule has 5 nitrogen and oxygen atoms in total. The van der Waals surface area contributed by atoms with Crippen LogP contribution in [0.2, 0.25) is 0 Å². The average molecular weight is 955 g/mol. The largest absolute Gasteiger partial charge is 0.457 e. The van der Waals surface area contributed by atoms with Gasteiger partial charge in [0.2, 0.25) is 0 Å². The first-order chi connectivity index (χ1) is 34.9. The van der Waals surface area contributed by atoms with E-state index in [2.05, 4.69) is 284 Å². The fraction of sp³-hybridized carbons (Fsp3) is 0.221. The van der Waals surface area contributed by atoms with Gasteiger partial charge in [-0.3, -0.25) is 4.57 Å². The van der Waals surface area contributed by atoms with Gasteiger partial charge in [0.15, 0.2) is 0 Å². The molecular formula is C68H66N4O. The zero-order chi connectivity index (χ0) is 50.9. The van der Waals surface area contributed by atoms with Crippen LogP contribution in [0.15, 0.2) is 206 Å². The second kappa shape index (κ2) is 18.0. The molecule has 1 aliphatic rings. The Morgan fingerprint density at radius 2 is 1.00 bits per heavy atom. The molecule has 0 saturated carbocycles. The van der Waals surface area contributed by atoms with Gasteiger partial charge in [0.1, 0.15) is 24.0 Å². The lowest BCUT2D eigenvalue weighted by Gasteiger charge is -2.30. The first-order valence-corrected chi connectivity index (χ1v) is 25.8. The fourth-order valence-electron chi connectivity index (χ4n) is 10.7. The van der Waals surface area contributed by atoms with Gasteiger partial charge in [-0.05, 0) is 128 Å². The van der Waals surface area contributed by atoms with Gasteiger partial charge < -0.3 is 14.5 Å². The normalized spacial score (nSPS) is 13.2. The van der Waals surface area contributed by atoms with Gasteiger partial charge >= 0.3 is 0 Å². The van der Waals surface area contributed by atoms with E-state index in [1.807, 2.05) is 6.20 Å². The van der Waals surface area contributed by atoms with E-state index in [1.165, 1.54) is 55.6 Å². The Balaban J connectivity index is 0.992. The van der Waals surface area contributed by atoms with Crippen molar-refractivity contribution in [1.82, 2.24) is 9.55 Å². The molecule has 0 unspecified atom stereocenters. The molecule has 11 rings (SSSR count). The van der Waals surface area contributed by atoms with E-state index >= 15 is 0 Å². The second-order valence-electron chi connectivity index (χ2n) is 23.1. The SMILES string of the molecule is CC(C)(C)c1ccnc(-n2c3ccc(C(C)(C)c4ccccc4)cc3c3ccc(Oc4cccc(N5CN(c6cc(-c7ccccc7)cc(C(C)(C)c7ccccc7)c6)c6cc(C(C)(C)C)ccc65)c4)cc32)c1. The average Bonchev–Trinajstić information content (AvgIpc) is 3.95. The molecule has 0 aliphatic carbocycles. The highest BCUT2D eigenvalue weighted by Gasteiger charge is 2.33. The summed E-state index contributed by atoms with van der Waals surface area (Å²) in [5, 5.41) is 2.34. The highest BCUT2D eigenvalue weighted by molar-refractivity contribution is 6.10. The van der Waals surface area contributed by atoms with Crippen molar-refractivity contribution in [3.05, 3.63) is 240 Å². The number of pyridine rings is 1. The first-order valence-electron chi connectivity index (χ1n) is 25.8. The van der Waals surface area contributed by atoms with Crippen molar-refractivity contribution in [2.45, 2.75) is 90.9 Å². The van der Waals surface area contributed by atoms with Crippen molar-refractivity contribution in [2.24, 2.45) is 0 Å². The minimum Gasteiger partial charge on any atom is -0.457 e. The Hall–Kier alpha value is -7.89. The molecule has 1 aliphatic heterocycles. The van der Waals surface area contributed by atoms with Crippen molar-refractivity contribution < 1.29 is 4.74 Å². The third kappa shape index (κ3) is 8.86. The van der Waals surface area contributed by atoms with E-state index < -0.39 is 0 Å². The summed E-state index contributed by atoms with van der Waals surface area (Å²) in [5.41, 5.74) is 16.2. The summed E-state index contributed by atoms with van der Waals surface area (Å²) in [5.74, 6) is 2.41. The molecular weight excluding hydrogens is 889 g/mol. The number of ether oxygens (including phenoxy) is 1. The maximum Gasteiger partial charge on any atom is 0.137 e. The van der Waals surface area contributed by atoms with E-state index in [1.54, 1.807) is 0 Å². The molecule has 2 aromatic heterocycles. The van der Waals surface area contributed by atoms with E-state index in [4.69, 9.17) is 9.72 Å².